The van der Waals surface area contributed by atoms with Crippen LogP contribution in [0.5, 0.6) is 0 Å². The van der Waals surface area contributed by atoms with Crippen molar-refractivity contribution in [3.8, 4) is 0 Å². The lowest BCUT2D eigenvalue weighted by Gasteiger charge is -2.12. The van der Waals surface area contributed by atoms with Gasteiger partial charge in [-0.25, -0.2) is 13.1 Å². The summed E-state index contributed by atoms with van der Waals surface area (Å²) in [7, 11) is 3.03. The summed E-state index contributed by atoms with van der Waals surface area (Å²) < 4.78 is 23.5. The zero-order valence-electron chi connectivity index (χ0n) is 8.24. The summed E-state index contributed by atoms with van der Waals surface area (Å²) >= 11 is 0. The number of halogens is 1. The van der Waals surface area contributed by atoms with Gasteiger partial charge < -0.3 is 0 Å². The number of aryl methyl sites for hydroxylation is 1. The van der Waals surface area contributed by atoms with Crippen LogP contribution < -0.4 is 4.90 Å². The first-order valence-electron chi connectivity index (χ1n) is 4.36. The van der Waals surface area contributed by atoms with Gasteiger partial charge in [0.1, 0.15) is 5.25 Å². The number of rotatable bonds is 2. The molecule has 1 aliphatic rings. The minimum absolute atomic E-state index is 0.0150. The Hall–Kier alpha value is -1.22. The highest BCUT2D eigenvalue weighted by Crippen LogP contribution is 2.24. The van der Waals surface area contributed by atoms with Crippen molar-refractivity contribution in [2.24, 2.45) is 7.05 Å². The van der Waals surface area contributed by atoms with E-state index in [4.69, 9.17) is 10.7 Å². The van der Waals surface area contributed by atoms with Crippen molar-refractivity contribution in [1.82, 2.24) is 20.2 Å². The number of carbonyl (C=O) groups excluding carboxylic acids is 1. The van der Waals surface area contributed by atoms with Gasteiger partial charge in [0.15, 0.2) is 0 Å². The van der Waals surface area contributed by atoms with Gasteiger partial charge in [-0.3, -0.25) is 9.69 Å². The molecule has 0 radical (unpaired) electrons. The van der Waals surface area contributed by atoms with Gasteiger partial charge in [-0.15, -0.1) is 0 Å². The van der Waals surface area contributed by atoms with Crippen molar-refractivity contribution in [2.45, 2.75) is 11.7 Å². The second-order valence-corrected chi connectivity index (χ2v) is 6.32. The maximum Gasteiger partial charge on any atom is 0.251 e. The molecule has 2 rings (SSSR count). The molecule has 1 saturated heterocycles. The Kier molecular flexibility index (Phi) is 2.58. The smallest absolute Gasteiger partial charge is 0.251 e. The van der Waals surface area contributed by atoms with E-state index in [1.807, 2.05) is 0 Å². The summed E-state index contributed by atoms with van der Waals surface area (Å²) in [5.41, 5.74) is 0. The van der Waals surface area contributed by atoms with Gasteiger partial charge in [0.05, 0.1) is 0 Å². The first-order valence-corrected chi connectivity index (χ1v) is 6.73. The van der Waals surface area contributed by atoms with Crippen LogP contribution in [-0.2, 0) is 20.9 Å². The largest absolute Gasteiger partial charge is 0.278 e. The summed E-state index contributed by atoms with van der Waals surface area (Å²) in [4.78, 5) is 12.8. The van der Waals surface area contributed by atoms with Crippen LogP contribution in [0.4, 0.5) is 5.95 Å². The highest BCUT2D eigenvalue weighted by molar-refractivity contribution is 8.14. The van der Waals surface area contributed by atoms with Gasteiger partial charge in [0.25, 0.3) is 5.95 Å². The quantitative estimate of drug-likeness (QED) is 0.629. The molecule has 0 N–H and O–H groups in total. The van der Waals surface area contributed by atoms with Crippen LogP contribution in [0.3, 0.4) is 0 Å². The van der Waals surface area contributed by atoms with Gasteiger partial charge in [0.2, 0.25) is 15.0 Å². The lowest BCUT2D eigenvalue weighted by molar-refractivity contribution is -0.117. The van der Waals surface area contributed by atoms with E-state index < -0.39 is 14.3 Å². The minimum atomic E-state index is -3.74. The van der Waals surface area contributed by atoms with Crippen molar-refractivity contribution in [1.29, 1.82) is 0 Å². The van der Waals surface area contributed by atoms with E-state index in [1.54, 1.807) is 7.05 Å². The Bertz CT molecular complexity index is 526. The fourth-order valence-corrected chi connectivity index (χ4v) is 2.54. The fourth-order valence-electron chi connectivity index (χ4n) is 1.51. The summed E-state index contributed by atoms with van der Waals surface area (Å²) in [5, 5.41) is 9.67. The molecule has 1 aliphatic heterocycles. The summed E-state index contributed by atoms with van der Waals surface area (Å²) in [6.45, 7) is -0.0150. The molecule has 1 aromatic heterocycles. The Balaban J connectivity index is 2.28. The highest BCUT2D eigenvalue weighted by atomic mass is 35.7. The molecule has 0 aliphatic carbocycles. The van der Waals surface area contributed by atoms with E-state index in [0.29, 0.717) is 0 Å². The third kappa shape index (κ3) is 1.87. The predicted molar refractivity (Wildman–Crippen MR) is 54.3 cm³/mol. The second kappa shape index (κ2) is 3.67. The molecule has 8 nitrogen and oxygen atoms in total. The number of aromatic nitrogens is 4. The molecule has 1 amide bonds. The van der Waals surface area contributed by atoms with E-state index in [0.717, 1.165) is 0 Å². The number of hydrogen-bond acceptors (Lipinski definition) is 6. The lowest BCUT2D eigenvalue weighted by Crippen LogP contribution is -2.29. The van der Waals surface area contributed by atoms with E-state index in [9.17, 15) is 13.2 Å². The first-order chi connectivity index (χ1) is 7.39. The molecule has 1 unspecified atom stereocenters. The maximum atomic E-state index is 11.6. The second-order valence-electron chi connectivity index (χ2n) is 3.41. The predicted octanol–water partition coefficient (Wildman–Crippen LogP) is -1.12. The third-order valence-electron chi connectivity index (χ3n) is 2.33. The average molecular weight is 266 g/mol. The molecular formula is C6H8ClN5O3S. The zero-order valence-corrected chi connectivity index (χ0v) is 9.81. The van der Waals surface area contributed by atoms with E-state index in [-0.39, 0.29) is 24.8 Å². The Morgan fingerprint density at radius 2 is 2.19 bits per heavy atom. The van der Waals surface area contributed by atoms with Crippen LogP contribution in [0.25, 0.3) is 0 Å². The summed E-state index contributed by atoms with van der Waals surface area (Å²) in [6.07, 6.45) is -0.140. The molecule has 1 fully saturated rings. The van der Waals surface area contributed by atoms with Crippen molar-refractivity contribution >= 4 is 31.6 Å². The van der Waals surface area contributed by atoms with Gasteiger partial charge in [0, 0.05) is 30.7 Å². The van der Waals surface area contributed by atoms with Crippen LogP contribution >= 0.6 is 10.7 Å². The Morgan fingerprint density at radius 3 is 2.62 bits per heavy atom. The number of anilines is 1. The fraction of sp³-hybridized carbons (Fsp3) is 0.667. The van der Waals surface area contributed by atoms with E-state index >= 15 is 0 Å². The van der Waals surface area contributed by atoms with Crippen LogP contribution in [0.15, 0.2) is 0 Å². The number of carbonyl (C=O) groups is 1. The third-order valence-corrected chi connectivity index (χ3v) is 4.19. The maximum absolute atomic E-state index is 11.6. The van der Waals surface area contributed by atoms with Crippen molar-refractivity contribution in [3.05, 3.63) is 0 Å². The number of tetrazole rings is 1. The summed E-state index contributed by atoms with van der Waals surface area (Å²) in [6, 6.07) is 0. The molecule has 88 valence electrons. The first kappa shape index (κ1) is 11.3. The molecule has 2 heterocycles. The molecule has 0 aromatic carbocycles. The molecule has 1 atom stereocenters. The zero-order chi connectivity index (χ0) is 11.9. The van der Waals surface area contributed by atoms with Gasteiger partial charge in [-0.1, -0.05) is 5.10 Å². The van der Waals surface area contributed by atoms with Crippen LogP contribution in [0, 0.1) is 0 Å². The minimum Gasteiger partial charge on any atom is -0.278 e. The molecule has 0 bridgehead atoms. The lowest BCUT2D eigenvalue weighted by atomic mass is 10.4. The molecule has 0 saturated carbocycles. The van der Waals surface area contributed by atoms with Gasteiger partial charge in [-0.05, 0) is 10.4 Å². The number of amides is 1. The monoisotopic (exact) mass is 265 g/mol. The molecule has 1 aromatic rings. The standard InChI is InChI=1S/C6H8ClN5O3S/c1-11-6(8-9-10-11)12-3-4(2-5(12)13)16(7,14)15/h4H,2-3H2,1H3. The molecule has 16 heavy (non-hydrogen) atoms. The van der Waals surface area contributed by atoms with Gasteiger partial charge in [-0.2, -0.15) is 0 Å². The van der Waals surface area contributed by atoms with Crippen LogP contribution in [0.1, 0.15) is 6.42 Å². The Labute approximate surface area is 95.6 Å². The number of nitrogens with zero attached hydrogens (tertiary/aromatic N) is 5. The van der Waals surface area contributed by atoms with E-state index in [2.05, 4.69) is 15.5 Å². The van der Waals surface area contributed by atoms with Crippen LogP contribution in [-0.4, -0.2) is 46.3 Å². The van der Waals surface area contributed by atoms with Crippen molar-refractivity contribution in [3.63, 3.8) is 0 Å². The topological polar surface area (TPSA) is 98.1 Å². The number of hydrogen-bond donors (Lipinski definition) is 0. The highest BCUT2D eigenvalue weighted by Gasteiger charge is 2.39. The Morgan fingerprint density at radius 1 is 1.50 bits per heavy atom. The molecular weight excluding hydrogens is 258 g/mol. The van der Waals surface area contributed by atoms with E-state index in [1.165, 1.54) is 9.58 Å². The summed E-state index contributed by atoms with van der Waals surface area (Å²) in [5.74, 6) is -0.139. The van der Waals surface area contributed by atoms with Crippen molar-refractivity contribution < 1.29 is 13.2 Å². The van der Waals surface area contributed by atoms with Crippen molar-refractivity contribution in [2.75, 3.05) is 11.4 Å². The van der Waals surface area contributed by atoms with Gasteiger partial charge >= 0.3 is 0 Å². The molecule has 10 heteroatoms. The van der Waals surface area contributed by atoms with Crippen LogP contribution in [0.2, 0.25) is 0 Å². The molecule has 0 spiro atoms. The average Bonchev–Trinajstić information content (AvgIpc) is 2.70. The SMILES string of the molecule is Cn1nnnc1N1CC(S(=O)(=O)Cl)CC1=O. The normalized spacial score (nSPS) is 21.8.